The first kappa shape index (κ1) is 24.5. The first-order chi connectivity index (χ1) is 13.6. The van der Waals surface area contributed by atoms with Gasteiger partial charge in [0.2, 0.25) is 11.8 Å². The molecule has 1 unspecified atom stereocenters. The van der Waals surface area contributed by atoms with Gasteiger partial charge in [-0.3, -0.25) is 9.69 Å². The molecule has 1 saturated carbocycles. The van der Waals surface area contributed by atoms with Crippen molar-refractivity contribution in [1.82, 2.24) is 14.8 Å². The molecule has 1 atom stereocenters. The van der Waals surface area contributed by atoms with Crippen LogP contribution in [0.25, 0.3) is 0 Å². The second-order valence-electron chi connectivity index (χ2n) is 7.84. The van der Waals surface area contributed by atoms with Crippen molar-refractivity contribution in [2.75, 3.05) is 34.4 Å². The molecule has 3 rings (SSSR count). The molecule has 2 fully saturated rings. The summed E-state index contributed by atoms with van der Waals surface area (Å²) in [6, 6.07) is 0.875. The maximum atomic E-state index is 14.4. The number of pyridine rings is 1. The van der Waals surface area contributed by atoms with E-state index in [0.29, 0.717) is 5.56 Å². The molecule has 0 bridgehead atoms. The minimum Gasteiger partial charge on any atom is -0.481 e. The van der Waals surface area contributed by atoms with Crippen molar-refractivity contribution in [2.45, 2.75) is 44.4 Å². The maximum absolute atomic E-state index is 14.4. The number of ether oxygens (including phenoxy) is 2. The van der Waals surface area contributed by atoms with Gasteiger partial charge in [-0.25, -0.2) is 4.39 Å². The highest BCUT2D eigenvalue weighted by molar-refractivity contribution is 5.85. The molecule has 1 aliphatic carbocycles. The van der Waals surface area contributed by atoms with Crippen LogP contribution in [-0.2, 0) is 11.3 Å². The van der Waals surface area contributed by atoms with Crippen LogP contribution in [0.5, 0.6) is 11.8 Å². The van der Waals surface area contributed by atoms with Gasteiger partial charge in [0.25, 0.3) is 5.88 Å². The van der Waals surface area contributed by atoms with E-state index in [1.165, 1.54) is 12.0 Å². The number of hydrogen-bond donors (Lipinski definition) is 0. The number of alkyl halides is 3. The fourth-order valence-electron chi connectivity index (χ4n) is 3.56. The van der Waals surface area contributed by atoms with Crippen molar-refractivity contribution < 1.29 is 31.8 Å². The lowest BCUT2D eigenvalue weighted by Gasteiger charge is -2.26. The Bertz CT molecular complexity index is 774. The van der Waals surface area contributed by atoms with Crippen LogP contribution < -0.4 is 9.47 Å². The van der Waals surface area contributed by atoms with Crippen molar-refractivity contribution in [3.63, 3.8) is 0 Å². The third-order valence-electron chi connectivity index (χ3n) is 5.71. The van der Waals surface area contributed by atoms with Crippen LogP contribution in [0.2, 0.25) is 0 Å². The van der Waals surface area contributed by atoms with Crippen molar-refractivity contribution in [1.29, 1.82) is 0 Å². The van der Waals surface area contributed by atoms with Gasteiger partial charge in [-0.15, -0.1) is 12.4 Å². The van der Waals surface area contributed by atoms with Crippen LogP contribution in [-0.4, -0.2) is 67.3 Å². The van der Waals surface area contributed by atoms with Crippen LogP contribution in [0.1, 0.15) is 31.2 Å². The summed E-state index contributed by atoms with van der Waals surface area (Å²) < 4.78 is 63.7. The summed E-state index contributed by atoms with van der Waals surface area (Å²) in [6.07, 6.45) is -2.79. The number of halogens is 5. The highest BCUT2D eigenvalue weighted by Gasteiger charge is 2.64. The molecule has 1 aliphatic heterocycles. The molecule has 0 N–H and O–H groups in total. The second-order valence-corrected chi connectivity index (χ2v) is 7.84. The molecule has 11 heteroatoms. The SMILES string of the molecule is COc1nc(OCC2(C(F)(F)F)CC2)c(F)cc1CN(C)C(=O)C1CCCN1C.Cl. The zero-order valence-corrected chi connectivity index (χ0v) is 17.9. The van der Waals surface area contributed by atoms with Crippen LogP contribution >= 0.6 is 12.4 Å². The first-order valence-electron chi connectivity index (χ1n) is 9.46. The maximum Gasteiger partial charge on any atom is 0.397 e. The predicted octanol–water partition coefficient (Wildman–Crippen LogP) is 3.43. The quantitative estimate of drug-likeness (QED) is 0.590. The lowest BCUT2D eigenvalue weighted by atomic mass is 10.1. The van der Waals surface area contributed by atoms with Crippen LogP contribution in [0.15, 0.2) is 6.07 Å². The predicted molar refractivity (Wildman–Crippen MR) is 103 cm³/mol. The molecular formula is C19H26ClF4N3O3. The largest absolute Gasteiger partial charge is 0.481 e. The van der Waals surface area contributed by atoms with Crippen LogP contribution in [0, 0.1) is 11.2 Å². The van der Waals surface area contributed by atoms with Crippen molar-refractivity contribution in [3.05, 3.63) is 17.4 Å². The molecule has 1 saturated heterocycles. The normalized spacial score (nSPS) is 20.4. The molecule has 30 heavy (non-hydrogen) atoms. The number of methoxy groups -OCH3 is 1. The van der Waals surface area contributed by atoms with Gasteiger partial charge in [0.15, 0.2) is 5.82 Å². The Morgan fingerprint density at radius 2 is 2.03 bits per heavy atom. The van der Waals surface area contributed by atoms with E-state index in [-0.39, 0.29) is 49.6 Å². The summed E-state index contributed by atoms with van der Waals surface area (Å²) >= 11 is 0. The Morgan fingerprint density at radius 3 is 2.53 bits per heavy atom. The minimum atomic E-state index is -4.40. The Morgan fingerprint density at radius 1 is 1.37 bits per heavy atom. The Hall–Kier alpha value is -1.81. The number of likely N-dealkylation sites (tertiary alicyclic amines) is 1. The number of likely N-dealkylation sites (N-methyl/N-ethyl adjacent to an activating group) is 2. The summed E-state index contributed by atoms with van der Waals surface area (Å²) in [4.78, 5) is 20.0. The number of carbonyl (C=O) groups is 1. The summed E-state index contributed by atoms with van der Waals surface area (Å²) in [5, 5.41) is 0. The topological polar surface area (TPSA) is 54.9 Å². The lowest BCUT2D eigenvalue weighted by molar-refractivity contribution is -0.194. The number of rotatable bonds is 7. The van der Waals surface area contributed by atoms with E-state index in [1.807, 2.05) is 11.9 Å². The summed E-state index contributed by atoms with van der Waals surface area (Å²) in [7, 11) is 4.81. The van der Waals surface area contributed by atoms with Gasteiger partial charge in [0, 0.05) is 12.6 Å². The van der Waals surface area contributed by atoms with Crippen molar-refractivity contribution >= 4 is 18.3 Å². The highest BCUT2D eigenvalue weighted by Crippen LogP contribution is 2.57. The number of carbonyl (C=O) groups excluding carboxylic acids is 1. The third-order valence-corrected chi connectivity index (χ3v) is 5.71. The molecule has 0 spiro atoms. The van der Waals surface area contributed by atoms with E-state index in [4.69, 9.17) is 9.47 Å². The fraction of sp³-hybridized carbons (Fsp3) is 0.684. The monoisotopic (exact) mass is 455 g/mol. The molecule has 6 nitrogen and oxygen atoms in total. The number of nitrogens with zero attached hydrogens (tertiary/aromatic N) is 3. The first-order valence-corrected chi connectivity index (χ1v) is 9.46. The zero-order chi connectivity index (χ0) is 21.4. The molecule has 170 valence electrons. The van der Waals surface area contributed by atoms with E-state index >= 15 is 0 Å². The van der Waals surface area contributed by atoms with Gasteiger partial charge in [0.1, 0.15) is 12.0 Å². The average molecular weight is 456 g/mol. The van der Waals surface area contributed by atoms with Gasteiger partial charge in [-0.2, -0.15) is 18.2 Å². The molecule has 0 aromatic carbocycles. The van der Waals surface area contributed by atoms with E-state index in [2.05, 4.69) is 4.98 Å². The van der Waals surface area contributed by atoms with Crippen LogP contribution in [0.3, 0.4) is 0 Å². The van der Waals surface area contributed by atoms with Gasteiger partial charge in [0.05, 0.1) is 19.7 Å². The summed E-state index contributed by atoms with van der Waals surface area (Å²) in [5.41, 5.74) is -1.61. The molecule has 2 heterocycles. The molecular weight excluding hydrogens is 430 g/mol. The smallest absolute Gasteiger partial charge is 0.397 e. The Kier molecular flexibility index (Phi) is 7.45. The number of aromatic nitrogens is 1. The van der Waals surface area contributed by atoms with Crippen molar-refractivity contribution in [3.8, 4) is 11.8 Å². The number of hydrogen-bond acceptors (Lipinski definition) is 5. The summed E-state index contributed by atoms with van der Waals surface area (Å²) in [6.45, 7) is 0.216. The van der Waals surface area contributed by atoms with Gasteiger partial charge < -0.3 is 14.4 Å². The van der Waals surface area contributed by atoms with Crippen LogP contribution in [0.4, 0.5) is 17.6 Å². The Balaban J connectivity index is 0.00000320. The molecule has 1 aromatic rings. The minimum absolute atomic E-state index is 0. The van der Waals surface area contributed by atoms with Gasteiger partial charge in [-0.05, 0) is 45.3 Å². The van der Waals surface area contributed by atoms with E-state index in [0.717, 1.165) is 25.5 Å². The Labute approximate surface area is 178 Å². The standard InChI is InChI=1S/C19H25F4N3O3.ClH/c1-25-8-4-5-14(25)17(27)26(2)10-12-9-13(20)16(24-15(12)28-3)29-11-18(6-7-18)19(21,22)23;/h9,14H,4-8,10-11H2,1-3H3;1H. The third kappa shape index (κ3) is 4.91. The van der Waals surface area contributed by atoms with E-state index in [1.54, 1.807) is 7.05 Å². The highest BCUT2D eigenvalue weighted by atomic mass is 35.5. The number of amides is 1. The van der Waals surface area contributed by atoms with Gasteiger partial charge in [-0.1, -0.05) is 0 Å². The molecule has 1 aromatic heterocycles. The average Bonchev–Trinajstić information content (AvgIpc) is 3.35. The second kappa shape index (κ2) is 9.13. The van der Waals surface area contributed by atoms with Crippen molar-refractivity contribution in [2.24, 2.45) is 5.41 Å². The molecule has 0 radical (unpaired) electrons. The van der Waals surface area contributed by atoms with Gasteiger partial charge >= 0.3 is 6.18 Å². The zero-order valence-electron chi connectivity index (χ0n) is 17.1. The molecule has 2 aliphatic rings. The fourth-order valence-corrected chi connectivity index (χ4v) is 3.56. The molecule has 1 amide bonds. The van der Waals surface area contributed by atoms with E-state index < -0.39 is 29.9 Å². The summed E-state index contributed by atoms with van der Waals surface area (Å²) in [5.74, 6) is -1.51. The van der Waals surface area contributed by atoms with E-state index in [9.17, 15) is 22.4 Å². The lowest BCUT2D eigenvalue weighted by Crippen LogP contribution is -2.42.